The van der Waals surface area contributed by atoms with E-state index in [0.29, 0.717) is 16.9 Å². The summed E-state index contributed by atoms with van der Waals surface area (Å²) in [4.78, 5) is 21.0. The van der Waals surface area contributed by atoms with Gasteiger partial charge in [0.1, 0.15) is 5.65 Å². The molecule has 0 aliphatic carbocycles. The summed E-state index contributed by atoms with van der Waals surface area (Å²) in [7, 11) is 1.52. The maximum absolute atomic E-state index is 13.8. The Hall–Kier alpha value is -3.95. The van der Waals surface area contributed by atoms with E-state index in [1.807, 2.05) is 0 Å². The molecule has 9 nitrogen and oxygen atoms in total. The number of pyridine rings is 1. The van der Waals surface area contributed by atoms with E-state index < -0.39 is 11.4 Å². The van der Waals surface area contributed by atoms with E-state index in [0.717, 1.165) is 0 Å². The van der Waals surface area contributed by atoms with Crippen molar-refractivity contribution in [1.82, 2.24) is 24.7 Å². The molecule has 0 amide bonds. The van der Waals surface area contributed by atoms with Crippen LogP contribution in [0, 0.1) is 5.82 Å². The standard InChI is InChI=1S/C17H13FN6O3/c1-24-15-9(8-19-17(21-15)20-13-7-14(25)23-22-13)6-12(16(24)26)27-11-5-3-2-4-10(11)18/h2-8H,1H3,(H3,19,20,21,22,23,25). The third-order valence-electron chi connectivity index (χ3n) is 3.78. The molecule has 0 spiro atoms. The van der Waals surface area contributed by atoms with Gasteiger partial charge in [0.15, 0.2) is 23.1 Å². The molecule has 0 aliphatic rings. The van der Waals surface area contributed by atoms with Gasteiger partial charge in [0.05, 0.1) is 0 Å². The number of benzene rings is 1. The number of hydrogen-bond acceptors (Lipinski definition) is 7. The first-order chi connectivity index (χ1) is 13.0. The van der Waals surface area contributed by atoms with Gasteiger partial charge in [0, 0.05) is 24.7 Å². The van der Waals surface area contributed by atoms with Crippen LogP contribution in [0.1, 0.15) is 0 Å². The lowest BCUT2D eigenvalue weighted by Crippen LogP contribution is -2.19. The van der Waals surface area contributed by atoms with Gasteiger partial charge in [0.2, 0.25) is 11.8 Å². The molecule has 136 valence electrons. The lowest BCUT2D eigenvalue weighted by molar-refractivity contribution is 0.434. The number of nitrogens with zero attached hydrogens (tertiary/aromatic N) is 4. The molecule has 0 saturated carbocycles. The van der Waals surface area contributed by atoms with E-state index in [1.54, 1.807) is 6.07 Å². The van der Waals surface area contributed by atoms with E-state index in [9.17, 15) is 14.3 Å². The van der Waals surface area contributed by atoms with Crippen LogP contribution in [0.5, 0.6) is 17.4 Å². The first-order valence-electron chi connectivity index (χ1n) is 7.82. The van der Waals surface area contributed by atoms with Gasteiger partial charge < -0.3 is 15.2 Å². The largest absolute Gasteiger partial charge is 0.494 e. The van der Waals surface area contributed by atoms with Crippen molar-refractivity contribution in [2.75, 3.05) is 5.32 Å². The lowest BCUT2D eigenvalue weighted by atomic mass is 10.3. The first kappa shape index (κ1) is 16.5. The average Bonchev–Trinajstić information content (AvgIpc) is 3.06. The molecule has 0 saturated heterocycles. The topological polar surface area (TPSA) is 118 Å². The van der Waals surface area contributed by atoms with Gasteiger partial charge in [-0.15, -0.1) is 0 Å². The minimum atomic E-state index is -0.572. The SMILES string of the molecule is Cn1c(=O)c(Oc2ccccc2F)cc2cnc(Nc3cc(O)[nH]n3)nc21. The fraction of sp³-hybridized carbons (Fsp3) is 0.0588. The lowest BCUT2D eigenvalue weighted by Gasteiger charge is -2.10. The number of halogens is 1. The van der Waals surface area contributed by atoms with Crippen molar-refractivity contribution in [3.63, 3.8) is 0 Å². The van der Waals surface area contributed by atoms with Gasteiger partial charge in [-0.3, -0.25) is 9.36 Å². The molecular formula is C17H13FN6O3. The Balaban J connectivity index is 1.72. The number of fused-ring (bicyclic) bond motifs is 1. The van der Waals surface area contributed by atoms with Gasteiger partial charge in [-0.25, -0.2) is 14.5 Å². The fourth-order valence-corrected chi connectivity index (χ4v) is 2.49. The zero-order chi connectivity index (χ0) is 19.0. The Kier molecular flexibility index (Phi) is 3.92. The second-order valence-corrected chi connectivity index (χ2v) is 5.64. The molecule has 0 radical (unpaired) electrons. The molecule has 0 fully saturated rings. The van der Waals surface area contributed by atoms with Crippen LogP contribution in [0.25, 0.3) is 11.0 Å². The number of aromatic hydroxyl groups is 1. The summed E-state index contributed by atoms with van der Waals surface area (Å²) >= 11 is 0. The minimum Gasteiger partial charge on any atom is -0.494 e. The molecule has 4 aromatic rings. The van der Waals surface area contributed by atoms with Crippen LogP contribution in [0.4, 0.5) is 16.2 Å². The number of aromatic amines is 1. The number of aromatic nitrogens is 5. The Morgan fingerprint density at radius 1 is 1.26 bits per heavy atom. The van der Waals surface area contributed by atoms with Crippen LogP contribution in [-0.4, -0.2) is 29.8 Å². The Bertz CT molecular complexity index is 1200. The number of para-hydroxylation sites is 1. The van der Waals surface area contributed by atoms with Crippen LogP contribution < -0.4 is 15.6 Å². The van der Waals surface area contributed by atoms with Gasteiger partial charge in [-0.2, -0.15) is 10.1 Å². The number of ether oxygens (including phenoxy) is 1. The van der Waals surface area contributed by atoms with Crippen molar-refractivity contribution in [2.45, 2.75) is 0 Å². The highest BCUT2D eigenvalue weighted by Crippen LogP contribution is 2.24. The highest BCUT2D eigenvalue weighted by Gasteiger charge is 2.13. The zero-order valence-corrected chi connectivity index (χ0v) is 14.0. The monoisotopic (exact) mass is 368 g/mol. The van der Waals surface area contributed by atoms with Crippen molar-refractivity contribution in [3.05, 3.63) is 58.8 Å². The summed E-state index contributed by atoms with van der Waals surface area (Å²) < 4.78 is 20.5. The van der Waals surface area contributed by atoms with Crippen LogP contribution in [-0.2, 0) is 7.05 Å². The summed E-state index contributed by atoms with van der Waals surface area (Å²) in [5.41, 5.74) is -0.133. The normalized spacial score (nSPS) is 10.9. The highest BCUT2D eigenvalue weighted by molar-refractivity contribution is 5.77. The van der Waals surface area contributed by atoms with Crippen LogP contribution in [0.15, 0.2) is 47.4 Å². The molecule has 3 aromatic heterocycles. The number of rotatable bonds is 4. The molecule has 3 heterocycles. The first-order valence-corrected chi connectivity index (χ1v) is 7.82. The summed E-state index contributed by atoms with van der Waals surface area (Å²) in [5.74, 6) is -0.274. The Morgan fingerprint density at radius 3 is 2.81 bits per heavy atom. The number of hydrogen-bond donors (Lipinski definition) is 3. The predicted molar refractivity (Wildman–Crippen MR) is 94.8 cm³/mol. The second kappa shape index (κ2) is 6.41. The van der Waals surface area contributed by atoms with Gasteiger partial charge in [-0.1, -0.05) is 12.1 Å². The quantitative estimate of drug-likeness (QED) is 0.506. The molecular weight excluding hydrogens is 355 g/mol. The number of aryl methyl sites for hydroxylation is 1. The average molecular weight is 368 g/mol. The smallest absolute Gasteiger partial charge is 0.294 e. The van der Waals surface area contributed by atoms with E-state index in [4.69, 9.17) is 4.74 Å². The molecule has 1 aromatic carbocycles. The molecule has 4 rings (SSSR count). The van der Waals surface area contributed by atoms with Gasteiger partial charge in [-0.05, 0) is 18.2 Å². The molecule has 0 bridgehead atoms. The van der Waals surface area contributed by atoms with Crippen molar-refractivity contribution in [2.24, 2.45) is 7.05 Å². The zero-order valence-electron chi connectivity index (χ0n) is 14.0. The van der Waals surface area contributed by atoms with Crippen molar-refractivity contribution in [3.8, 4) is 17.4 Å². The maximum atomic E-state index is 13.8. The fourth-order valence-electron chi connectivity index (χ4n) is 2.49. The maximum Gasteiger partial charge on any atom is 0.294 e. The van der Waals surface area contributed by atoms with Crippen molar-refractivity contribution >= 4 is 22.8 Å². The van der Waals surface area contributed by atoms with Gasteiger partial charge in [0.25, 0.3) is 5.56 Å². The molecule has 0 aliphatic heterocycles. The van der Waals surface area contributed by atoms with Gasteiger partial charge >= 0.3 is 0 Å². The van der Waals surface area contributed by atoms with E-state index in [2.05, 4.69) is 25.5 Å². The number of nitrogens with one attached hydrogen (secondary N) is 2. The molecule has 3 N–H and O–H groups in total. The van der Waals surface area contributed by atoms with E-state index in [-0.39, 0.29) is 23.3 Å². The van der Waals surface area contributed by atoms with E-state index in [1.165, 1.54) is 48.1 Å². The third kappa shape index (κ3) is 3.15. The number of H-pyrrole nitrogens is 1. The number of anilines is 2. The molecule has 0 unspecified atom stereocenters. The highest BCUT2D eigenvalue weighted by atomic mass is 19.1. The van der Waals surface area contributed by atoms with E-state index >= 15 is 0 Å². The van der Waals surface area contributed by atoms with Crippen LogP contribution >= 0.6 is 0 Å². The predicted octanol–water partition coefficient (Wildman–Crippen LogP) is 2.43. The molecule has 27 heavy (non-hydrogen) atoms. The van der Waals surface area contributed by atoms with Crippen molar-refractivity contribution in [1.29, 1.82) is 0 Å². The van der Waals surface area contributed by atoms with Crippen molar-refractivity contribution < 1.29 is 14.2 Å². The van der Waals surface area contributed by atoms with Crippen LogP contribution in [0.2, 0.25) is 0 Å². The Morgan fingerprint density at radius 2 is 2.07 bits per heavy atom. The third-order valence-corrected chi connectivity index (χ3v) is 3.78. The minimum absolute atomic E-state index is 0.0448. The second-order valence-electron chi connectivity index (χ2n) is 5.64. The Labute approximate surface area is 151 Å². The molecule has 0 atom stereocenters. The molecule has 10 heteroatoms. The summed E-state index contributed by atoms with van der Waals surface area (Å²) in [6.45, 7) is 0. The van der Waals surface area contributed by atoms with Crippen LogP contribution in [0.3, 0.4) is 0 Å². The summed E-state index contributed by atoms with van der Waals surface area (Å²) in [6, 6.07) is 8.63. The summed E-state index contributed by atoms with van der Waals surface area (Å²) in [6.07, 6.45) is 1.49. The summed E-state index contributed by atoms with van der Waals surface area (Å²) in [5, 5.41) is 18.8.